The number of halogens is 3. The molecule has 1 spiro atoms. The summed E-state index contributed by atoms with van der Waals surface area (Å²) in [6, 6.07) is 12.2. The van der Waals surface area contributed by atoms with Crippen molar-refractivity contribution in [2.75, 3.05) is 70.8 Å². The summed E-state index contributed by atoms with van der Waals surface area (Å²) in [6.07, 6.45) is 6.37. The summed E-state index contributed by atoms with van der Waals surface area (Å²) in [5, 5.41) is 10.4. The summed E-state index contributed by atoms with van der Waals surface area (Å²) in [7, 11) is 4.85. The zero-order valence-corrected chi connectivity index (χ0v) is 34.8. The molecule has 2 aliphatic heterocycles. The smallest absolute Gasteiger partial charge is 0.433 e. The van der Waals surface area contributed by atoms with Gasteiger partial charge in [-0.1, -0.05) is 6.07 Å². The maximum absolute atomic E-state index is 13.7. The minimum Gasteiger partial charge on any atom is -0.495 e. The van der Waals surface area contributed by atoms with E-state index in [4.69, 9.17) is 14.6 Å². The second-order valence-electron chi connectivity index (χ2n) is 16.6. The van der Waals surface area contributed by atoms with Gasteiger partial charge in [0.15, 0.2) is 0 Å². The summed E-state index contributed by atoms with van der Waals surface area (Å²) in [5.41, 5.74) is 1.07. The number of pyridine rings is 1. The third-order valence-electron chi connectivity index (χ3n) is 12.8. The van der Waals surface area contributed by atoms with Crippen molar-refractivity contribution in [2.24, 2.45) is 11.3 Å². The first-order chi connectivity index (χ1) is 29.3. The van der Waals surface area contributed by atoms with Crippen molar-refractivity contribution >= 4 is 46.4 Å². The SMILES string of the molecule is COc1cc2nn(C3CCN(CC4CCC5(CC4)CCN(C(=O)c4ccc(OC)c(N(C)CCC(=O)NC=O)c4)CC5)CC3)cc2cc1NC(=O)c1cccc(C(F)(F)F)n1. The second-order valence-corrected chi connectivity index (χ2v) is 16.6. The number of amides is 4. The topological polar surface area (TPSA) is 151 Å². The van der Waals surface area contributed by atoms with Gasteiger partial charge in [0.25, 0.3) is 11.8 Å². The van der Waals surface area contributed by atoms with E-state index < -0.39 is 17.8 Å². The Hall–Kier alpha value is -5.71. The fourth-order valence-electron chi connectivity index (χ4n) is 9.15. The lowest BCUT2D eigenvalue weighted by atomic mass is 9.65. The lowest BCUT2D eigenvalue weighted by Crippen LogP contribution is -2.45. The molecule has 0 atom stereocenters. The number of nitrogens with zero attached hydrogens (tertiary/aromatic N) is 6. The number of hydrogen-bond acceptors (Lipinski definition) is 10. The van der Waals surface area contributed by atoms with Crippen molar-refractivity contribution in [3.8, 4) is 11.5 Å². The van der Waals surface area contributed by atoms with E-state index in [9.17, 15) is 32.3 Å². The monoisotopic (exact) mass is 846 g/mol. The van der Waals surface area contributed by atoms with Gasteiger partial charge in [-0.15, -0.1) is 0 Å². The number of imide groups is 1. The summed E-state index contributed by atoms with van der Waals surface area (Å²) >= 11 is 0. The molecule has 7 rings (SSSR count). The number of benzene rings is 2. The molecule has 326 valence electrons. The van der Waals surface area contributed by atoms with Crippen LogP contribution in [0.15, 0.2) is 54.7 Å². The average molecular weight is 847 g/mol. The first kappa shape index (κ1) is 43.4. The summed E-state index contributed by atoms with van der Waals surface area (Å²) in [5.74, 6) is 0.422. The first-order valence-electron chi connectivity index (χ1n) is 20.8. The molecule has 2 saturated heterocycles. The molecule has 4 heterocycles. The Morgan fingerprint density at radius 3 is 2.33 bits per heavy atom. The van der Waals surface area contributed by atoms with Crippen molar-refractivity contribution in [1.29, 1.82) is 0 Å². The lowest BCUT2D eigenvalue weighted by molar-refractivity contribution is -0.141. The van der Waals surface area contributed by atoms with Crippen LogP contribution in [0.25, 0.3) is 10.9 Å². The van der Waals surface area contributed by atoms with E-state index in [1.165, 1.54) is 38.9 Å². The molecule has 2 aromatic heterocycles. The predicted molar refractivity (Wildman–Crippen MR) is 223 cm³/mol. The van der Waals surface area contributed by atoms with Gasteiger partial charge in [-0.25, -0.2) is 4.98 Å². The number of rotatable bonds is 13. The van der Waals surface area contributed by atoms with Gasteiger partial charge >= 0.3 is 6.18 Å². The van der Waals surface area contributed by atoms with Crippen LogP contribution in [0.5, 0.6) is 11.5 Å². The molecule has 0 bridgehead atoms. The molecular formula is C44H53F3N8O6. The molecule has 61 heavy (non-hydrogen) atoms. The van der Waals surface area contributed by atoms with Crippen molar-refractivity contribution in [1.82, 2.24) is 29.9 Å². The number of fused-ring (bicyclic) bond motifs is 1. The van der Waals surface area contributed by atoms with Crippen LogP contribution >= 0.6 is 0 Å². The third kappa shape index (κ3) is 10.1. The number of likely N-dealkylation sites (tertiary alicyclic amines) is 2. The van der Waals surface area contributed by atoms with Crippen molar-refractivity contribution < 1.29 is 41.8 Å². The molecule has 3 fully saturated rings. The van der Waals surface area contributed by atoms with Crippen LogP contribution in [-0.2, 0) is 15.8 Å². The molecule has 2 aromatic carbocycles. The Bertz CT molecular complexity index is 2220. The van der Waals surface area contributed by atoms with Crippen LogP contribution < -0.4 is 25.0 Å². The largest absolute Gasteiger partial charge is 0.495 e. The first-order valence-corrected chi connectivity index (χ1v) is 20.8. The number of carbonyl (C=O) groups excluding carboxylic acids is 4. The van der Waals surface area contributed by atoms with Crippen molar-refractivity contribution in [3.63, 3.8) is 0 Å². The molecule has 14 nitrogen and oxygen atoms in total. The number of anilines is 2. The van der Waals surface area contributed by atoms with E-state index in [0.717, 1.165) is 75.9 Å². The zero-order valence-electron chi connectivity index (χ0n) is 34.8. The van der Waals surface area contributed by atoms with Crippen LogP contribution in [0.3, 0.4) is 0 Å². The highest BCUT2D eigenvalue weighted by atomic mass is 19.4. The molecular weight excluding hydrogens is 794 g/mol. The standard InChI is InChI=1S/C44H53F3N8O6/c1-52(18-13-40(57)48-28-56)36-24-30(7-8-37(36)60-2)42(59)54-21-16-43(17-22-54)14-9-29(10-15-43)26-53-19-11-32(12-20-53)55-27-31-23-35(38(61-3)25-34(31)51-55)50-41(58)33-5-4-6-39(49-33)44(45,46)47/h4-8,23-25,27-29,32H,9-22,26H2,1-3H3,(H,50,58)(H,48,56,57). The second kappa shape index (κ2) is 18.5. The van der Waals surface area contributed by atoms with Crippen LogP contribution in [0.4, 0.5) is 24.5 Å². The molecule has 2 N–H and O–H groups in total. The number of hydrogen-bond donors (Lipinski definition) is 2. The van der Waals surface area contributed by atoms with Crippen molar-refractivity contribution in [2.45, 2.75) is 70.0 Å². The number of carbonyl (C=O) groups is 4. The number of alkyl halides is 3. The Labute approximate surface area is 352 Å². The minimum absolute atomic E-state index is 0.00522. The summed E-state index contributed by atoms with van der Waals surface area (Å²) in [6.45, 7) is 4.81. The van der Waals surface area contributed by atoms with Gasteiger partial charge in [-0.2, -0.15) is 18.3 Å². The molecule has 0 radical (unpaired) electrons. The van der Waals surface area contributed by atoms with Gasteiger partial charge < -0.3 is 29.5 Å². The minimum atomic E-state index is -4.67. The van der Waals surface area contributed by atoms with Crippen molar-refractivity contribution in [3.05, 3.63) is 71.7 Å². The molecule has 4 amide bonds. The van der Waals surface area contributed by atoms with Gasteiger partial charge in [0.2, 0.25) is 12.3 Å². The van der Waals surface area contributed by atoms with E-state index in [-0.39, 0.29) is 35.4 Å². The lowest BCUT2D eigenvalue weighted by Gasteiger charge is -2.47. The summed E-state index contributed by atoms with van der Waals surface area (Å²) < 4.78 is 52.6. The highest BCUT2D eigenvalue weighted by Gasteiger charge is 2.40. The predicted octanol–water partition coefficient (Wildman–Crippen LogP) is 6.57. The third-order valence-corrected chi connectivity index (χ3v) is 12.8. The number of nitrogens with one attached hydrogen (secondary N) is 2. The average Bonchev–Trinajstić information content (AvgIpc) is 3.69. The van der Waals surface area contributed by atoms with Gasteiger partial charge in [0, 0.05) is 75.9 Å². The van der Waals surface area contributed by atoms with E-state index >= 15 is 0 Å². The zero-order chi connectivity index (χ0) is 43.3. The maximum Gasteiger partial charge on any atom is 0.433 e. The number of methoxy groups -OCH3 is 2. The van der Waals surface area contributed by atoms with Gasteiger partial charge in [-0.3, -0.25) is 29.2 Å². The molecule has 17 heteroatoms. The van der Waals surface area contributed by atoms with E-state index in [1.54, 1.807) is 31.4 Å². The van der Waals surface area contributed by atoms with Crippen LogP contribution in [0, 0.1) is 11.3 Å². The fourth-order valence-corrected chi connectivity index (χ4v) is 9.15. The maximum atomic E-state index is 13.7. The molecule has 0 unspecified atom stereocenters. The van der Waals surface area contributed by atoms with Gasteiger partial charge in [0.1, 0.15) is 22.9 Å². The normalized spacial score (nSPS) is 17.6. The number of ether oxygens (including phenoxy) is 2. The number of piperidine rings is 2. The Morgan fingerprint density at radius 2 is 1.66 bits per heavy atom. The van der Waals surface area contributed by atoms with Crippen LogP contribution in [0.2, 0.25) is 0 Å². The Morgan fingerprint density at radius 1 is 0.934 bits per heavy atom. The molecule has 3 aliphatic rings. The van der Waals surface area contributed by atoms with E-state index in [2.05, 4.69) is 20.5 Å². The highest BCUT2D eigenvalue weighted by Crippen LogP contribution is 2.47. The van der Waals surface area contributed by atoms with Gasteiger partial charge in [0.05, 0.1) is 37.2 Å². The van der Waals surface area contributed by atoms with Crippen LogP contribution in [-0.4, -0.2) is 109 Å². The van der Waals surface area contributed by atoms with Gasteiger partial charge in [-0.05, 0) is 99.1 Å². The Kier molecular flexibility index (Phi) is 13.2. The van der Waals surface area contributed by atoms with Crippen LogP contribution in [0.1, 0.15) is 90.4 Å². The number of aromatic nitrogens is 3. The molecule has 4 aromatic rings. The highest BCUT2D eigenvalue weighted by molar-refractivity contribution is 6.05. The van der Waals surface area contributed by atoms with E-state index in [0.29, 0.717) is 52.8 Å². The Balaban J connectivity index is 0.874. The summed E-state index contributed by atoms with van der Waals surface area (Å²) in [4.78, 5) is 58.9. The molecule has 1 saturated carbocycles. The quantitative estimate of drug-likeness (QED) is 0.142. The fraction of sp³-hybridized carbons (Fsp3) is 0.500. The molecule has 1 aliphatic carbocycles. The van der Waals surface area contributed by atoms with E-state index in [1.807, 2.05) is 33.8 Å².